The Morgan fingerprint density at radius 1 is 1.08 bits per heavy atom. The molecule has 0 bridgehead atoms. The van der Waals surface area contributed by atoms with Gasteiger partial charge in [-0.25, -0.2) is 8.42 Å². The summed E-state index contributed by atoms with van der Waals surface area (Å²) >= 11 is 0. The summed E-state index contributed by atoms with van der Waals surface area (Å²) in [6.07, 6.45) is 5.19. The van der Waals surface area contributed by atoms with Crippen LogP contribution >= 0.6 is 0 Å². The smallest absolute Gasteiger partial charge is 0.248 e. The van der Waals surface area contributed by atoms with E-state index in [-0.39, 0.29) is 41.6 Å². The van der Waals surface area contributed by atoms with Crippen molar-refractivity contribution in [3.63, 3.8) is 0 Å². The molecule has 1 saturated heterocycles. The maximum absolute atomic E-state index is 13.6. The van der Waals surface area contributed by atoms with Gasteiger partial charge in [-0.1, -0.05) is 41.6 Å². The molecule has 37 heavy (non-hydrogen) atoms. The molecule has 0 radical (unpaired) electrons. The third-order valence-corrected chi connectivity index (χ3v) is 9.28. The van der Waals surface area contributed by atoms with Crippen LogP contribution in [0.25, 0.3) is 12.2 Å². The van der Waals surface area contributed by atoms with Crippen molar-refractivity contribution < 1.29 is 22.5 Å². The average Bonchev–Trinajstić information content (AvgIpc) is 3.46. The molecule has 5 rings (SSSR count). The number of nitrogens with zero attached hydrogens (tertiary/aromatic N) is 3. The molecule has 3 aromatic rings. The number of hydrogen-bond donors (Lipinski definition) is 0. The van der Waals surface area contributed by atoms with Crippen molar-refractivity contribution in [3.8, 4) is 5.75 Å². The number of aryl methyl sites for hydroxylation is 1. The minimum absolute atomic E-state index is 0.0733. The Balaban J connectivity index is 1.29. The number of carbonyl (C=O) groups excluding carboxylic acids is 1. The fraction of sp³-hybridized carbons (Fsp3) is 0.357. The summed E-state index contributed by atoms with van der Waals surface area (Å²) in [5.41, 5.74) is 3.34. The number of anilines is 1. The summed E-state index contributed by atoms with van der Waals surface area (Å²) in [4.78, 5) is 15.4. The zero-order valence-corrected chi connectivity index (χ0v) is 22.1. The number of ether oxygens (including phenoxy) is 1. The number of rotatable bonds is 6. The van der Waals surface area contributed by atoms with Gasteiger partial charge in [0.05, 0.1) is 7.11 Å². The SMILES string of the molecule is COc1ccc(C=Cc2onc(C)c2S(=O)(=O)N2CCC(C(=O)N3c4ccccc4CC3C)CC2)cc1. The number of piperidine rings is 1. The predicted octanol–water partition coefficient (Wildman–Crippen LogP) is 4.54. The number of benzene rings is 2. The van der Waals surface area contributed by atoms with E-state index in [9.17, 15) is 13.2 Å². The highest BCUT2D eigenvalue weighted by Crippen LogP contribution is 2.35. The highest BCUT2D eigenvalue weighted by Gasteiger charge is 2.39. The summed E-state index contributed by atoms with van der Waals surface area (Å²) in [7, 11) is -2.24. The minimum Gasteiger partial charge on any atom is -0.497 e. The van der Waals surface area contributed by atoms with Crippen LogP contribution in [0.1, 0.15) is 42.3 Å². The molecule has 2 aliphatic heterocycles. The Kier molecular flexibility index (Phi) is 6.92. The minimum atomic E-state index is -3.84. The molecule has 2 aromatic carbocycles. The van der Waals surface area contributed by atoms with Crippen molar-refractivity contribution in [2.75, 3.05) is 25.1 Å². The van der Waals surface area contributed by atoms with Crippen LogP contribution in [0.2, 0.25) is 0 Å². The molecule has 0 saturated carbocycles. The summed E-state index contributed by atoms with van der Waals surface area (Å²) < 4.78 is 39.2. The molecule has 0 aliphatic carbocycles. The first-order valence-corrected chi connectivity index (χ1v) is 13.9. The van der Waals surface area contributed by atoms with Crippen LogP contribution in [0.15, 0.2) is 57.9 Å². The first-order chi connectivity index (χ1) is 17.8. The van der Waals surface area contributed by atoms with E-state index in [4.69, 9.17) is 9.26 Å². The van der Waals surface area contributed by atoms with Gasteiger partial charge in [-0.2, -0.15) is 4.31 Å². The van der Waals surface area contributed by atoms with Gasteiger partial charge in [0.15, 0.2) is 10.7 Å². The quantitative estimate of drug-likeness (QED) is 0.473. The van der Waals surface area contributed by atoms with Crippen molar-refractivity contribution in [3.05, 3.63) is 71.1 Å². The molecule has 0 N–H and O–H groups in total. The summed E-state index contributed by atoms with van der Waals surface area (Å²) in [5.74, 6) is 0.798. The predicted molar refractivity (Wildman–Crippen MR) is 142 cm³/mol. The van der Waals surface area contributed by atoms with Crippen LogP contribution in [0.4, 0.5) is 5.69 Å². The van der Waals surface area contributed by atoms with Gasteiger partial charge < -0.3 is 14.2 Å². The lowest BCUT2D eigenvalue weighted by Crippen LogP contribution is -2.46. The number of carbonyl (C=O) groups is 1. The van der Waals surface area contributed by atoms with E-state index in [1.54, 1.807) is 26.2 Å². The average molecular weight is 522 g/mol. The van der Waals surface area contributed by atoms with Crippen LogP contribution in [0.3, 0.4) is 0 Å². The normalized spacial score (nSPS) is 18.9. The second kappa shape index (κ2) is 10.1. The van der Waals surface area contributed by atoms with Crippen molar-refractivity contribution >= 4 is 33.8 Å². The van der Waals surface area contributed by atoms with Gasteiger partial charge in [0, 0.05) is 30.7 Å². The van der Waals surface area contributed by atoms with Crippen LogP contribution in [0, 0.1) is 12.8 Å². The largest absolute Gasteiger partial charge is 0.497 e. The maximum atomic E-state index is 13.6. The Hall–Kier alpha value is -3.43. The van der Waals surface area contributed by atoms with Gasteiger partial charge in [-0.15, -0.1) is 0 Å². The summed E-state index contributed by atoms with van der Waals surface area (Å²) in [6, 6.07) is 15.5. The van der Waals surface area contributed by atoms with Crippen LogP contribution in [0.5, 0.6) is 5.75 Å². The number of aromatic nitrogens is 1. The van der Waals surface area contributed by atoms with Gasteiger partial charge in [0.25, 0.3) is 0 Å². The molecule has 1 amide bonds. The molecule has 1 aromatic heterocycles. The van der Waals surface area contributed by atoms with Gasteiger partial charge in [-0.3, -0.25) is 4.79 Å². The van der Waals surface area contributed by atoms with Gasteiger partial charge in [0.2, 0.25) is 15.9 Å². The molecule has 3 heterocycles. The van der Waals surface area contributed by atoms with Crippen molar-refractivity contribution in [1.29, 1.82) is 0 Å². The molecular formula is C28H31N3O5S. The summed E-state index contributed by atoms with van der Waals surface area (Å²) in [5, 5.41) is 3.93. The zero-order chi connectivity index (χ0) is 26.2. The molecule has 8 nitrogen and oxygen atoms in total. The van der Waals surface area contributed by atoms with Crippen molar-refractivity contribution in [2.45, 2.75) is 44.0 Å². The first-order valence-electron chi connectivity index (χ1n) is 12.5. The van der Waals surface area contributed by atoms with E-state index >= 15 is 0 Å². The number of para-hydroxylation sites is 1. The lowest BCUT2D eigenvalue weighted by atomic mass is 9.96. The second-order valence-electron chi connectivity index (χ2n) is 9.64. The maximum Gasteiger partial charge on any atom is 0.248 e. The van der Waals surface area contributed by atoms with Crippen molar-refractivity contribution in [2.24, 2.45) is 5.92 Å². The topological polar surface area (TPSA) is 93.0 Å². The van der Waals surface area contributed by atoms with Gasteiger partial charge in [0.1, 0.15) is 11.4 Å². The molecule has 0 spiro atoms. The lowest BCUT2D eigenvalue weighted by Gasteiger charge is -2.34. The molecule has 1 fully saturated rings. The van der Waals surface area contributed by atoms with E-state index in [1.807, 2.05) is 47.4 Å². The lowest BCUT2D eigenvalue weighted by molar-refractivity contribution is -0.123. The van der Waals surface area contributed by atoms with E-state index < -0.39 is 10.0 Å². The number of methoxy groups -OCH3 is 1. The second-order valence-corrected chi connectivity index (χ2v) is 11.5. The fourth-order valence-corrected chi connectivity index (χ4v) is 6.98. The molecule has 1 atom stereocenters. The molecular weight excluding hydrogens is 490 g/mol. The van der Waals surface area contributed by atoms with Crippen LogP contribution < -0.4 is 9.64 Å². The van der Waals surface area contributed by atoms with Gasteiger partial charge in [-0.05, 0) is 68.5 Å². The zero-order valence-electron chi connectivity index (χ0n) is 21.3. The Labute approximate surface area is 217 Å². The third kappa shape index (κ3) is 4.81. The Bertz CT molecular complexity index is 1420. The molecule has 194 valence electrons. The molecule has 1 unspecified atom stereocenters. The molecule has 2 aliphatic rings. The Morgan fingerprint density at radius 3 is 2.49 bits per heavy atom. The highest BCUT2D eigenvalue weighted by atomic mass is 32.2. The first kappa shape index (κ1) is 25.2. The van der Waals surface area contributed by atoms with E-state index in [1.165, 1.54) is 9.87 Å². The standard InChI is InChI=1S/C28H31N3O5S/c1-19-18-23-6-4-5-7-25(23)31(19)28(32)22-14-16-30(17-15-22)37(33,34)27-20(2)29-36-26(27)13-10-21-8-11-24(35-3)12-9-21/h4-13,19,22H,14-18H2,1-3H3. The van der Waals surface area contributed by atoms with Crippen LogP contribution in [-0.2, 0) is 21.2 Å². The van der Waals surface area contributed by atoms with E-state index in [0.29, 0.717) is 18.5 Å². The van der Waals surface area contributed by atoms with Crippen molar-refractivity contribution in [1.82, 2.24) is 9.46 Å². The molecule has 9 heteroatoms. The number of sulfonamides is 1. The van der Waals surface area contributed by atoms with E-state index in [0.717, 1.165) is 23.4 Å². The van der Waals surface area contributed by atoms with Crippen LogP contribution in [-0.4, -0.2) is 50.0 Å². The monoisotopic (exact) mass is 521 g/mol. The van der Waals surface area contributed by atoms with E-state index in [2.05, 4.69) is 18.1 Å². The number of amides is 1. The highest BCUT2D eigenvalue weighted by molar-refractivity contribution is 7.89. The third-order valence-electron chi connectivity index (χ3n) is 7.22. The number of fused-ring (bicyclic) bond motifs is 1. The summed E-state index contributed by atoms with van der Waals surface area (Å²) in [6.45, 7) is 4.24. The number of hydrogen-bond acceptors (Lipinski definition) is 6. The van der Waals surface area contributed by atoms with Gasteiger partial charge >= 0.3 is 0 Å². The Morgan fingerprint density at radius 2 is 1.78 bits per heavy atom. The fourth-order valence-electron chi connectivity index (χ4n) is 5.26.